The lowest BCUT2D eigenvalue weighted by Gasteiger charge is -2.47. The van der Waals surface area contributed by atoms with E-state index in [0.717, 1.165) is 19.3 Å². The summed E-state index contributed by atoms with van der Waals surface area (Å²) in [6.45, 7) is 15.1. The molecule has 1 rings (SSSR count). The van der Waals surface area contributed by atoms with Crippen molar-refractivity contribution in [3.05, 3.63) is 0 Å². The Morgan fingerprint density at radius 1 is 1.00 bits per heavy atom. The minimum absolute atomic E-state index is 0.0108. The summed E-state index contributed by atoms with van der Waals surface area (Å²) in [7, 11) is 0. The zero-order valence-electron chi connectivity index (χ0n) is 15.4. The van der Waals surface area contributed by atoms with Gasteiger partial charge >= 0.3 is 0 Å². The molecule has 0 radical (unpaired) electrons. The smallest absolute Gasteiger partial charge is 0.222 e. The van der Waals surface area contributed by atoms with Gasteiger partial charge in [-0.15, -0.1) is 0 Å². The van der Waals surface area contributed by atoms with Crippen molar-refractivity contribution in [3.63, 3.8) is 0 Å². The molecule has 2 amide bonds. The zero-order valence-corrected chi connectivity index (χ0v) is 15.4. The molecule has 128 valence electrons. The largest absolute Gasteiger partial charge is 0.355 e. The first-order chi connectivity index (χ1) is 9.94. The minimum atomic E-state index is 0.0108. The first-order valence-corrected chi connectivity index (χ1v) is 8.52. The lowest BCUT2D eigenvalue weighted by Crippen LogP contribution is -2.51. The second kappa shape index (κ2) is 7.01. The van der Waals surface area contributed by atoms with Crippen LogP contribution in [0, 0.1) is 22.7 Å². The molecule has 0 saturated heterocycles. The number of amides is 2. The Hall–Kier alpha value is -1.06. The molecule has 0 heterocycles. The van der Waals surface area contributed by atoms with Gasteiger partial charge in [-0.25, -0.2) is 0 Å². The predicted molar refractivity (Wildman–Crippen MR) is 90.4 cm³/mol. The van der Waals surface area contributed by atoms with Gasteiger partial charge in [0.05, 0.1) is 0 Å². The van der Waals surface area contributed by atoms with Crippen molar-refractivity contribution in [2.45, 2.75) is 73.8 Å². The Balaban J connectivity index is 2.73. The van der Waals surface area contributed by atoms with Gasteiger partial charge in [0.15, 0.2) is 0 Å². The molecule has 0 bridgehead atoms. The highest BCUT2D eigenvalue weighted by Crippen LogP contribution is 2.45. The molecule has 4 heteroatoms. The number of nitrogens with one attached hydrogen (secondary N) is 2. The van der Waals surface area contributed by atoms with Crippen LogP contribution in [0.4, 0.5) is 0 Å². The molecule has 1 aliphatic rings. The summed E-state index contributed by atoms with van der Waals surface area (Å²) in [5.74, 6) is 0.247. The average molecular weight is 310 g/mol. The van der Waals surface area contributed by atoms with Gasteiger partial charge in [-0.1, -0.05) is 48.5 Å². The third-order valence-corrected chi connectivity index (χ3v) is 4.53. The van der Waals surface area contributed by atoms with Crippen LogP contribution in [0.15, 0.2) is 0 Å². The number of hydrogen-bond donors (Lipinski definition) is 2. The van der Waals surface area contributed by atoms with E-state index in [1.807, 2.05) is 27.7 Å². The van der Waals surface area contributed by atoms with E-state index in [1.165, 1.54) is 0 Å². The van der Waals surface area contributed by atoms with Crippen molar-refractivity contribution >= 4 is 11.8 Å². The summed E-state index contributed by atoms with van der Waals surface area (Å²) in [5.41, 5.74) is 0.200. The van der Waals surface area contributed by atoms with Crippen LogP contribution in [0.5, 0.6) is 0 Å². The van der Waals surface area contributed by atoms with Gasteiger partial charge in [-0.05, 0) is 30.1 Å². The molecule has 0 spiro atoms. The highest BCUT2D eigenvalue weighted by atomic mass is 16.2. The van der Waals surface area contributed by atoms with Crippen molar-refractivity contribution in [2.24, 2.45) is 22.7 Å². The Morgan fingerprint density at radius 3 is 2.05 bits per heavy atom. The summed E-state index contributed by atoms with van der Waals surface area (Å²) in [6, 6.07) is 0.194. The second-order valence-electron chi connectivity index (χ2n) is 8.79. The quantitative estimate of drug-likeness (QED) is 0.819. The minimum Gasteiger partial charge on any atom is -0.355 e. The van der Waals surface area contributed by atoms with Crippen molar-refractivity contribution in [1.82, 2.24) is 10.6 Å². The van der Waals surface area contributed by atoms with Gasteiger partial charge in [0.25, 0.3) is 0 Å². The number of carbonyl (C=O) groups is 2. The van der Waals surface area contributed by atoms with Crippen LogP contribution in [0.1, 0.15) is 67.7 Å². The molecule has 0 aliphatic heterocycles. The summed E-state index contributed by atoms with van der Waals surface area (Å²) >= 11 is 0. The van der Waals surface area contributed by atoms with E-state index in [2.05, 4.69) is 31.4 Å². The maximum atomic E-state index is 12.0. The van der Waals surface area contributed by atoms with Crippen LogP contribution in [0.25, 0.3) is 0 Å². The van der Waals surface area contributed by atoms with Crippen molar-refractivity contribution in [1.29, 1.82) is 0 Å². The molecule has 4 nitrogen and oxygen atoms in total. The van der Waals surface area contributed by atoms with E-state index in [-0.39, 0.29) is 40.5 Å². The maximum absolute atomic E-state index is 12.0. The van der Waals surface area contributed by atoms with E-state index in [1.54, 1.807) is 0 Å². The fourth-order valence-electron chi connectivity index (χ4n) is 3.74. The molecule has 0 unspecified atom stereocenters. The monoisotopic (exact) mass is 310 g/mol. The van der Waals surface area contributed by atoms with Crippen LogP contribution in [-0.2, 0) is 9.59 Å². The molecule has 1 saturated carbocycles. The van der Waals surface area contributed by atoms with Gasteiger partial charge in [0, 0.05) is 24.4 Å². The molecule has 1 fully saturated rings. The lowest BCUT2D eigenvalue weighted by atomic mass is 9.62. The van der Waals surface area contributed by atoms with Gasteiger partial charge in [0.2, 0.25) is 11.8 Å². The van der Waals surface area contributed by atoms with Crippen LogP contribution in [0.2, 0.25) is 0 Å². The SMILES string of the molecule is CC(C)C(=O)NC[C@]1(C)C[C@@H](NC(=O)C(C)C)CC(C)(C)C1. The Morgan fingerprint density at radius 2 is 1.55 bits per heavy atom. The van der Waals surface area contributed by atoms with Crippen LogP contribution in [-0.4, -0.2) is 24.4 Å². The summed E-state index contributed by atoms with van der Waals surface area (Å²) in [5, 5.41) is 6.26. The van der Waals surface area contributed by atoms with Crippen molar-refractivity contribution in [3.8, 4) is 0 Å². The standard InChI is InChI=1S/C18H34N2O2/c1-12(2)15(21)19-11-18(7)9-14(8-17(5,6)10-18)20-16(22)13(3)4/h12-14H,8-11H2,1-7H3,(H,19,21)(H,20,22)/t14-,18+/m0/s1. The van der Waals surface area contributed by atoms with Crippen LogP contribution in [0.3, 0.4) is 0 Å². The van der Waals surface area contributed by atoms with E-state index in [0.29, 0.717) is 6.54 Å². The summed E-state index contributed by atoms with van der Waals surface area (Å²) in [6.07, 6.45) is 2.98. The second-order valence-corrected chi connectivity index (χ2v) is 8.79. The number of carbonyl (C=O) groups excluding carboxylic acids is 2. The molecule has 0 aromatic heterocycles. The molecule has 0 aromatic carbocycles. The molecule has 22 heavy (non-hydrogen) atoms. The third kappa shape index (κ3) is 5.62. The van der Waals surface area contributed by atoms with Gasteiger partial charge in [0.1, 0.15) is 0 Å². The molecular formula is C18H34N2O2. The highest BCUT2D eigenvalue weighted by Gasteiger charge is 2.41. The normalized spacial score (nSPS) is 27.8. The molecule has 2 atom stereocenters. The molecular weight excluding hydrogens is 276 g/mol. The fraction of sp³-hybridized carbons (Fsp3) is 0.889. The first kappa shape index (κ1) is 19.0. The van der Waals surface area contributed by atoms with E-state index >= 15 is 0 Å². The summed E-state index contributed by atoms with van der Waals surface area (Å²) < 4.78 is 0. The topological polar surface area (TPSA) is 58.2 Å². The van der Waals surface area contributed by atoms with Gasteiger partial charge in [-0.2, -0.15) is 0 Å². The third-order valence-electron chi connectivity index (χ3n) is 4.53. The van der Waals surface area contributed by atoms with Gasteiger partial charge in [-0.3, -0.25) is 9.59 Å². The Bertz CT molecular complexity index is 415. The van der Waals surface area contributed by atoms with Gasteiger partial charge < -0.3 is 10.6 Å². The average Bonchev–Trinajstić information content (AvgIpc) is 2.33. The first-order valence-electron chi connectivity index (χ1n) is 8.52. The molecule has 1 aliphatic carbocycles. The molecule has 0 aromatic rings. The van der Waals surface area contributed by atoms with Crippen LogP contribution < -0.4 is 10.6 Å². The zero-order chi connectivity index (χ0) is 17.1. The van der Waals surface area contributed by atoms with Crippen molar-refractivity contribution in [2.75, 3.05) is 6.54 Å². The van der Waals surface area contributed by atoms with E-state index in [4.69, 9.17) is 0 Å². The maximum Gasteiger partial charge on any atom is 0.222 e. The number of hydrogen-bond acceptors (Lipinski definition) is 2. The van der Waals surface area contributed by atoms with E-state index < -0.39 is 0 Å². The Labute approximate surface area is 135 Å². The Kier molecular flexibility index (Phi) is 6.05. The summed E-state index contributed by atoms with van der Waals surface area (Å²) in [4.78, 5) is 23.9. The predicted octanol–water partition coefficient (Wildman–Crippen LogP) is 3.12. The van der Waals surface area contributed by atoms with Crippen molar-refractivity contribution < 1.29 is 9.59 Å². The number of rotatable bonds is 5. The van der Waals surface area contributed by atoms with Crippen LogP contribution >= 0.6 is 0 Å². The van der Waals surface area contributed by atoms with E-state index in [9.17, 15) is 9.59 Å². The fourth-order valence-corrected chi connectivity index (χ4v) is 3.74. The highest BCUT2D eigenvalue weighted by molar-refractivity contribution is 5.78. The molecule has 2 N–H and O–H groups in total. The lowest BCUT2D eigenvalue weighted by molar-refractivity contribution is -0.127.